The van der Waals surface area contributed by atoms with Crippen molar-refractivity contribution >= 4 is 73.6 Å². The normalized spacial score (nSPS) is 12.9. The lowest BCUT2D eigenvalue weighted by Gasteiger charge is -2.34. The summed E-state index contributed by atoms with van der Waals surface area (Å²) < 4.78 is 6.32. The van der Waals surface area contributed by atoms with E-state index in [4.69, 9.17) is 16.0 Å². The molecule has 0 spiro atoms. The smallest absolute Gasteiger partial charge is 0.115 e. The van der Waals surface area contributed by atoms with Gasteiger partial charge in [0, 0.05) is 45.8 Å². The van der Waals surface area contributed by atoms with Gasteiger partial charge in [-0.2, -0.15) is 0 Å². The number of anilines is 9. The molecule has 1 aliphatic rings. The van der Waals surface area contributed by atoms with Crippen LogP contribution < -0.4 is 14.7 Å². The summed E-state index contributed by atoms with van der Waals surface area (Å²) in [6, 6.07) is 58.9. The predicted molar refractivity (Wildman–Crippen MR) is 259 cm³/mol. The van der Waals surface area contributed by atoms with Crippen LogP contribution >= 0.6 is 11.6 Å². The summed E-state index contributed by atoms with van der Waals surface area (Å²) in [6.07, 6.45) is 6.15. The van der Waals surface area contributed by atoms with Crippen molar-refractivity contribution in [1.29, 1.82) is 0 Å². The number of hydrogen-bond acceptors (Lipinski definition) is 4. The van der Waals surface area contributed by atoms with Crippen molar-refractivity contribution in [3.8, 4) is 0 Å². The van der Waals surface area contributed by atoms with Gasteiger partial charge >= 0.3 is 0 Å². The van der Waals surface area contributed by atoms with Crippen molar-refractivity contribution in [3.05, 3.63) is 198 Å². The average Bonchev–Trinajstić information content (AvgIpc) is 3.69. The average molecular weight is 821 g/mol. The van der Waals surface area contributed by atoms with Gasteiger partial charge in [0.1, 0.15) is 12.0 Å². The maximum atomic E-state index is 7.96. The second-order valence-corrected chi connectivity index (χ2v) is 18.7. The molecular formula is C56H54ClN3O. The van der Waals surface area contributed by atoms with Crippen molar-refractivity contribution in [2.45, 2.75) is 78.1 Å². The number of fused-ring (bicyclic) bond motifs is 2. The van der Waals surface area contributed by atoms with E-state index in [9.17, 15) is 0 Å². The summed E-state index contributed by atoms with van der Waals surface area (Å²) in [4.78, 5) is 7.03. The lowest BCUT2D eigenvalue weighted by Crippen LogP contribution is -2.19. The number of benzene rings is 7. The highest BCUT2D eigenvalue weighted by molar-refractivity contribution is 6.36. The topological polar surface area (TPSA) is 22.9 Å². The summed E-state index contributed by atoms with van der Waals surface area (Å²) in [6.45, 7) is 13.6. The fourth-order valence-electron chi connectivity index (χ4n) is 8.72. The molecule has 4 nitrogen and oxygen atoms in total. The summed E-state index contributed by atoms with van der Waals surface area (Å²) >= 11 is 7.96. The van der Waals surface area contributed by atoms with Crippen molar-refractivity contribution in [3.63, 3.8) is 0 Å². The van der Waals surface area contributed by atoms with E-state index in [1.54, 1.807) is 0 Å². The molecule has 7 aromatic carbocycles. The van der Waals surface area contributed by atoms with Gasteiger partial charge in [0.15, 0.2) is 0 Å². The molecule has 0 aliphatic heterocycles. The van der Waals surface area contributed by atoms with Gasteiger partial charge in [-0.25, -0.2) is 0 Å². The van der Waals surface area contributed by atoms with Gasteiger partial charge in [-0.3, -0.25) is 0 Å². The van der Waals surface area contributed by atoms with Crippen LogP contribution in [0.4, 0.5) is 51.2 Å². The van der Waals surface area contributed by atoms with Crippen LogP contribution in [0.15, 0.2) is 174 Å². The zero-order chi connectivity index (χ0) is 42.3. The molecule has 0 bridgehead atoms. The number of rotatable bonds is 9. The highest BCUT2D eigenvalue weighted by Gasteiger charge is 2.30. The second kappa shape index (κ2) is 16.3. The van der Waals surface area contributed by atoms with E-state index in [1.165, 1.54) is 27.5 Å². The Bertz CT molecular complexity index is 2790. The standard InChI is InChI=1S/C56H54ClN3O/c1-55(2,3)40-31-33-44(34-32-40)58(49-29-17-20-39-19-13-14-27-47(39)49)45-25-18-26-46(37-45)59(42-21-9-7-10-22-42)50-35-41(56(4,5)6)36-51(54(50)57)60(43-23-11-8-12-24-43)52-38-61-53-30-16-15-28-48(52)53/h7-14,17-27,29,31-38H,15-16,28,30H2,1-6H3. The summed E-state index contributed by atoms with van der Waals surface area (Å²) in [5.41, 5.74) is 12.7. The molecule has 61 heavy (non-hydrogen) atoms. The lowest BCUT2D eigenvalue weighted by molar-refractivity contribution is 0.478. The van der Waals surface area contributed by atoms with E-state index in [-0.39, 0.29) is 10.8 Å². The Kier molecular flexibility index (Phi) is 10.8. The first-order valence-corrected chi connectivity index (χ1v) is 22.0. The van der Waals surface area contributed by atoms with Gasteiger partial charge in [-0.05, 0) is 119 Å². The maximum absolute atomic E-state index is 7.96. The summed E-state index contributed by atoms with van der Waals surface area (Å²) in [5.74, 6) is 1.08. The van der Waals surface area contributed by atoms with Gasteiger partial charge in [-0.15, -0.1) is 0 Å². The van der Waals surface area contributed by atoms with E-state index in [2.05, 4.69) is 220 Å². The molecule has 0 N–H and O–H groups in total. The number of halogens is 1. The monoisotopic (exact) mass is 819 g/mol. The Labute approximate surface area is 366 Å². The molecule has 9 rings (SSSR count). The van der Waals surface area contributed by atoms with Crippen LogP contribution in [0.25, 0.3) is 10.8 Å². The Morgan fingerprint density at radius 2 is 0.951 bits per heavy atom. The molecular weight excluding hydrogens is 766 g/mol. The van der Waals surface area contributed by atoms with Gasteiger partial charge in [0.05, 0.1) is 27.8 Å². The third-order valence-electron chi connectivity index (χ3n) is 12.0. The molecule has 1 aromatic heterocycles. The second-order valence-electron chi connectivity index (χ2n) is 18.3. The molecule has 1 heterocycles. The molecule has 5 heteroatoms. The molecule has 306 valence electrons. The van der Waals surface area contributed by atoms with Crippen LogP contribution in [-0.4, -0.2) is 0 Å². The summed E-state index contributed by atoms with van der Waals surface area (Å²) in [5, 5.41) is 3.03. The molecule has 0 saturated heterocycles. The highest BCUT2D eigenvalue weighted by Crippen LogP contribution is 2.51. The largest absolute Gasteiger partial charge is 0.467 e. The molecule has 8 aromatic rings. The minimum absolute atomic E-state index is 0.0334. The SMILES string of the molecule is CC(C)(C)c1ccc(N(c2cccc(N(c3ccccc3)c3cc(C(C)(C)C)cc(N(c4ccccc4)c4coc5c4CCCC5)c3Cl)c2)c2cccc3ccccc23)cc1. The first kappa shape index (κ1) is 40.2. The van der Waals surface area contributed by atoms with Gasteiger partial charge < -0.3 is 19.1 Å². The van der Waals surface area contributed by atoms with E-state index >= 15 is 0 Å². The number of hydrogen-bond donors (Lipinski definition) is 0. The lowest BCUT2D eigenvalue weighted by atomic mass is 9.86. The van der Waals surface area contributed by atoms with Crippen LogP contribution in [0.5, 0.6) is 0 Å². The minimum atomic E-state index is -0.194. The fourth-order valence-corrected chi connectivity index (χ4v) is 9.00. The number of furan rings is 1. The molecule has 0 unspecified atom stereocenters. The Morgan fingerprint density at radius 3 is 1.61 bits per heavy atom. The van der Waals surface area contributed by atoms with Gasteiger partial charge in [0.2, 0.25) is 0 Å². The van der Waals surface area contributed by atoms with E-state index in [0.717, 1.165) is 82.6 Å². The molecule has 1 aliphatic carbocycles. The predicted octanol–water partition coefficient (Wildman–Crippen LogP) is 17.0. The first-order valence-electron chi connectivity index (χ1n) is 21.6. The van der Waals surface area contributed by atoms with Gasteiger partial charge in [-0.1, -0.05) is 144 Å². The number of nitrogens with zero attached hydrogens (tertiary/aromatic N) is 3. The molecule has 0 atom stereocenters. The molecule has 0 saturated carbocycles. The Balaban J connectivity index is 1.27. The van der Waals surface area contributed by atoms with Crippen molar-refractivity contribution in [1.82, 2.24) is 0 Å². The first-order chi connectivity index (χ1) is 29.5. The van der Waals surface area contributed by atoms with Crippen molar-refractivity contribution < 1.29 is 4.42 Å². The summed E-state index contributed by atoms with van der Waals surface area (Å²) in [7, 11) is 0. The van der Waals surface area contributed by atoms with Crippen molar-refractivity contribution in [2.75, 3.05) is 14.7 Å². The quantitative estimate of drug-likeness (QED) is 0.145. The van der Waals surface area contributed by atoms with Crippen LogP contribution in [0.1, 0.15) is 76.8 Å². The Hall–Kier alpha value is -6.23. The van der Waals surface area contributed by atoms with Crippen LogP contribution in [0, 0.1) is 0 Å². The van der Waals surface area contributed by atoms with Crippen molar-refractivity contribution in [2.24, 2.45) is 0 Å². The van der Waals surface area contributed by atoms with Crippen LogP contribution in [0.2, 0.25) is 5.02 Å². The zero-order valence-corrected chi connectivity index (χ0v) is 36.9. The third-order valence-corrected chi connectivity index (χ3v) is 12.4. The van der Waals surface area contributed by atoms with Gasteiger partial charge in [0.25, 0.3) is 0 Å². The molecule has 0 radical (unpaired) electrons. The fraction of sp³-hybridized carbons (Fsp3) is 0.214. The maximum Gasteiger partial charge on any atom is 0.115 e. The number of para-hydroxylation sites is 2. The zero-order valence-electron chi connectivity index (χ0n) is 36.1. The molecule has 0 amide bonds. The highest BCUT2D eigenvalue weighted by atomic mass is 35.5. The molecule has 0 fully saturated rings. The van der Waals surface area contributed by atoms with Crippen LogP contribution in [-0.2, 0) is 23.7 Å². The van der Waals surface area contributed by atoms with Crippen LogP contribution in [0.3, 0.4) is 0 Å². The number of aryl methyl sites for hydroxylation is 1. The third kappa shape index (κ3) is 7.93. The Morgan fingerprint density at radius 1 is 0.443 bits per heavy atom. The van der Waals surface area contributed by atoms with E-state index in [1.807, 2.05) is 6.26 Å². The van der Waals surface area contributed by atoms with E-state index < -0.39 is 0 Å². The van der Waals surface area contributed by atoms with E-state index in [0.29, 0.717) is 5.02 Å². The minimum Gasteiger partial charge on any atom is -0.467 e.